The molecule has 6 nitrogen and oxygen atoms in total. The van der Waals surface area contributed by atoms with Crippen molar-refractivity contribution in [3.05, 3.63) is 53.6 Å². The Morgan fingerprint density at radius 1 is 1.19 bits per heavy atom. The largest absolute Gasteiger partial charge is 0.352 e. The van der Waals surface area contributed by atoms with Gasteiger partial charge in [-0.15, -0.1) is 0 Å². The fraction of sp³-hybridized carbons (Fsp3) is 0.400. The van der Waals surface area contributed by atoms with E-state index in [0.717, 1.165) is 29.0 Å². The molecule has 2 atom stereocenters. The first-order valence-corrected chi connectivity index (χ1v) is 10.8. The summed E-state index contributed by atoms with van der Waals surface area (Å²) in [5.41, 5.74) is 1.55. The predicted octanol–water partition coefficient (Wildman–Crippen LogP) is 2.95. The first kappa shape index (κ1) is 19.4. The lowest BCUT2D eigenvalue weighted by Crippen LogP contribution is -2.29. The van der Waals surface area contributed by atoms with Crippen LogP contribution in [-0.2, 0) is 16.6 Å². The molecule has 1 heterocycles. The van der Waals surface area contributed by atoms with Crippen molar-refractivity contribution in [2.45, 2.75) is 19.9 Å². The van der Waals surface area contributed by atoms with Crippen LogP contribution in [0, 0.1) is 11.8 Å². The molecular weight excluding hydrogens is 362 g/mol. The van der Waals surface area contributed by atoms with E-state index < -0.39 is 10.0 Å². The topological polar surface area (TPSA) is 70.6 Å². The van der Waals surface area contributed by atoms with E-state index in [1.165, 1.54) is 19.5 Å². The van der Waals surface area contributed by atoms with Crippen molar-refractivity contribution in [2.75, 3.05) is 29.1 Å². The van der Waals surface area contributed by atoms with Gasteiger partial charge in [0.2, 0.25) is 10.0 Å². The molecule has 0 amide bonds. The maximum Gasteiger partial charge on any atom is 0.233 e. The highest BCUT2D eigenvalue weighted by molar-refractivity contribution is 7.92. The number of benzene rings is 1. The minimum Gasteiger partial charge on any atom is -0.352 e. The van der Waals surface area contributed by atoms with Gasteiger partial charge in [0, 0.05) is 25.7 Å². The molecule has 0 radical (unpaired) electrons. The Morgan fingerprint density at radius 3 is 2.37 bits per heavy atom. The van der Waals surface area contributed by atoms with Gasteiger partial charge in [-0.25, -0.2) is 13.4 Å². The summed E-state index contributed by atoms with van der Waals surface area (Å²) in [6.07, 6.45) is 3.02. The summed E-state index contributed by atoms with van der Waals surface area (Å²) < 4.78 is 24.9. The Labute approximate surface area is 160 Å². The SMILES string of the molecule is CC1CC1CN(Cc1ccccc1)c1cc(C=O)cc(N(C)S(C)(=O)=O)n1. The zero-order chi connectivity index (χ0) is 19.6. The number of aromatic nitrogens is 1. The molecule has 0 aliphatic heterocycles. The van der Waals surface area contributed by atoms with Gasteiger partial charge in [0.05, 0.1) is 6.26 Å². The average molecular weight is 388 g/mol. The van der Waals surface area contributed by atoms with Crippen LogP contribution < -0.4 is 9.21 Å². The van der Waals surface area contributed by atoms with Gasteiger partial charge >= 0.3 is 0 Å². The number of anilines is 2. The van der Waals surface area contributed by atoms with Gasteiger partial charge in [0.15, 0.2) is 0 Å². The van der Waals surface area contributed by atoms with Gasteiger partial charge in [0.25, 0.3) is 0 Å². The van der Waals surface area contributed by atoms with E-state index in [9.17, 15) is 13.2 Å². The van der Waals surface area contributed by atoms with Crippen LogP contribution in [0.15, 0.2) is 42.5 Å². The van der Waals surface area contributed by atoms with Gasteiger partial charge in [-0.1, -0.05) is 37.3 Å². The van der Waals surface area contributed by atoms with Crippen LogP contribution >= 0.6 is 0 Å². The van der Waals surface area contributed by atoms with Crippen molar-refractivity contribution in [3.63, 3.8) is 0 Å². The molecule has 7 heteroatoms. The number of rotatable bonds is 8. The maximum absolute atomic E-state index is 11.9. The Bertz CT molecular complexity index is 915. The maximum atomic E-state index is 11.9. The number of pyridine rings is 1. The standard InChI is InChI=1S/C20H25N3O3S/c1-15-9-18(15)13-23(12-16-7-5-4-6-8-16)20-11-17(14-24)10-19(21-20)22(2)27(3,25)26/h4-8,10-11,14-15,18H,9,12-13H2,1-3H3. The fourth-order valence-corrected chi connectivity index (χ4v) is 3.50. The molecule has 0 bridgehead atoms. The Kier molecular flexibility index (Phi) is 5.51. The Hall–Kier alpha value is -2.41. The summed E-state index contributed by atoms with van der Waals surface area (Å²) in [5.74, 6) is 2.13. The van der Waals surface area contributed by atoms with Gasteiger partial charge in [-0.3, -0.25) is 9.10 Å². The zero-order valence-corrected chi connectivity index (χ0v) is 16.7. The van der Waals surface area contributed by atoms with E-state index in [-0.39, 0.29) is 5.82 Å². The number of carbonyl (C=O) groups excluding carboxylic acids is 1. The number of sulfonamides is 1. The predicted molar refractivity (Wildman–Crippen MR) is 108 cm³/mol. The van der Waals surface area contributed by atoms with Crippen LogP contribution in [-0.4, -0.2) is 39.5 Å². The summed E-state index contributed by atoms with van der Waals surface area (Å²) >= 11 is 0. The summed E-state index contributed by atoms with van der Waals surface area (Å²) in [6.45, 7) is 3.71. The minimum absolute atomic E-state index is 0.249. The molecule has 1 saturated carbocycles. The molecule has 27 heavy (non-hydrogen) atoms. The van der Waals surface area contributed by atoms with Crippen LogP contribution in [0.2, 0.25) is 0 Å². The molecule has 144 valence electrons. The third-order valence-electron chi connectivity index (χ3n) is 5.05. The van der Waals surface area contributed by atoms with E-state index in [4.69, 9.17) is 0 Å². The highest BCUT2D eigenvalue weighted by Crippen LogP contribution is 2.39. The number of hydrogen-bond acceptors (Lipinski definition) is 5. The average Bonchev–Trinajstić information content (AvgIpc) is 3.34. The summed E-state index contributed by atoms with van der Waals surface area (Å²) in [4.78, 5) is 18.1. The molecule has 2 unspecified atom stereocenters. The normalized spacial score (nSPS) is 18.8. The van der Waals surface area contributed by atoms with E-state index in [1.807, 2.05) is 18.2 Å². The number of aldehydes is 1. The highest BCUT2D eigenvalue weighted by Gasteiger charge is 2.34. The first-order valence-electron chi connectivity index (χ1n) is 8.98. The molecule has 2 aromatic rings. The molecule has 1 aromatic heterocycles. The van der Waals surface area contributed by atoms with Gasteiger partial charge in [0.1, 0.15) is 17.9 Å². The molecule has 0 N–H and O–H groups in total. The van der Waals surface area contributed by atoms with Crippen LogP contribution in [0.25, 0.3) is 0 Å². The van der Waals surface area contributed by atoms with Crippen molar-refractivity contribution in [3.8, 4) is 0 Å². The molecular formula is C20H25N3O3S. The lowest BCUT2D eigenvalue weighted by atomic mass is 10.2. The van der Waals surface area contributed by atoms with Crippen molar-refractivity contribution in [1.82, 2.24) is 4.98 Å². The van der Waals surface area contributed by atoms with Crippen LogP contribution in [0.1, 0.15) is 29.3 Å². The highest BCUT2D eigenvalue weighted by atomic mass is 32.2. The van der Waals surface area contributed by atoms with E-state index in [2.05, 4.69) is 28.9 Å². The third kappa shape index (κ3) is 4.86. The lowest BCUT2D eigenvalue weighted by molar-refractivity contribution is 0.112. The molecule has 3 rings (SSSR count). The molecule has 0 spiro atoms. The van der Waals surface area contributed by atoms with Crippen LogP contribution in [0.4, 0.5) is 11.6 Å². The third-order valence-corrected chi connectivity index (χ3v) is 6.23. The van der Waals surface area contributed by atoms with Crippen LogP contribution in [0.5, 0.6) is 0 Å². The number of nitrogens with zero attached hydrogens (tertiary/aromatic N) is 3. The molecule has 0 saturated heterocycles. The van der Waals surface area contributed by atoms with Gasteiger partial charge in [-0.2, -0.15) is 0 Å². The van der Waals surface area contributed by atoms with E-state index in [0.29, 0.717) is 29.8 Å². The molecule has 1 fully saturated rings. The van der Waals surface area contributed by atoms with Crippen molar-refractivity contribution in [1.29, 1.82) is 0 Å². The smallest absolute Gasteiger partial charge is 0.233 e. The molecule has 1 aromatic carbocycles. The fourth-order valence-electron chi connectivity index (χ4n) is 3.06. The van der Waals surface area contributed by atoms with Crippen molar-refractivity contribution < 1.29 is 13.2 Å². The first-order chi connectivity index (χ1) is 12.8. The van der Waals surface area contributed by atoms with E-state index in [1.54, 1.807) is 6.07 Å². The second-order valence-electron chi connectivity index (χ2n) is 7.30. The Balaban J connectivity index is 1.98. The van der Waals surface area contributed by atoms with Crippen molar-refractivity contribution in [2.24, 2.45) is 11.8 Å². The second kappa shape index (κ2) is 7.68. The van der Waals surface area contributed by atoms with Gasteiger partial charge < -0.3 is 4.90 Å². The summed E-state index contributed by atoms with van der Waals surface area (Å²) in [5, 5.41) is 0. The summed E-state index contributed by atoms with van der Waals surface area (Å²) in [6, 6.07) is 13.3. The molecule has 1 aliphatic rings. The molecule has 1 aliphatic carbocycles. The Morgan fingerprint density at radius 2 is 1.81 bits per heavy atom. The lowest BCUT2D eigenvalue weighted by Gasteiger charge is -2.26. The van der Waals surface area contributed by atoms with E-state index >= 15 is 0 Å². The van der Waals surface area contributed by atoms with Crippen molar-refractivity contribution >= 4 is 27.9 Å². The monoisotopic (exact) mass is 387 g/mol. The quantitative estimate of drug-likeness (QED) is 0.651. The summed E-state index contributed by atoms with van der Waals surface area (Å²) in [7, 11) is -2.02. The van der Waals surface area contributed by atoms with Crippen LogP contribution in [0.3, 0.4) is 0 Å². The minimum atomic E-state index is -3.47. The number of hydrogen-bond donors (Lipinski definition) is 0. The van der Waals surface area contributed by atoms with Gasteiger partial charge in [-0.05, 0) is 36.0 Å². The number of carbonyl (C=O) groups is 1. The second-order valence-corrected chi connectivity index (χ2v) is 9.32. The zero-order valence-electron chi connectivity index (χ0n) is 15.9.